The molecule has 1 aromatic carbocycles. The van der Waals surface area contributed by atoms with Gasteiger partial charge in [-0.3, -0.25) is 4.79 Å². The number of nitrogen functional groups attached to an aromatic ring is 1. The fraction of sp³-hybridized carbons (Fsp3) is 0.389. The van der Waals surface area contributed by atoms with Gasteiger partial charge in [-0.15, -0.1) is 0 Å². The van der Waals surface area contributed by atoms with Gasteiger partial charge in [-0.25, -0.2) is 10.4 Å². The summed E-state index contributed by atoms with van der Waals surface area (Å²) in [7, 11) is 0. The van der Waals surface area contributed by atoms with Gasteiger partial charge in [0.2, 0.25) is 0 Å². The molecular formula is C18H23ClN4O3S. The molecule has 2 rings (SSSR count). The predicted molar refractivity (Wildman–Crippen MR) is 109 cm³/mol. The third-order valence-electron chi connectivity index (χ3n) is 3.42. The van der Waals surface area contributed by atoms with Crippen LogP contribution in [0.4, 0.5) is 5.13 Å². The number of aromatic nitrogens is 1. The van der Waals surface area contributed by atoms with Crippen LogP contribution in [0.1, 0.15) is 48.1 Å². The Kier molecular flexibility index (Phi) is 7.87. The Morgan fingerprint density at radius 1 is 1.37 bits per heavy atom. The summed E-state index contributed by atoms with van der Waals surface area (Å²) in [5.74, 6) is 0.695. The number of nitrogens with zero attached hydrogens (tertiary/aromatic N) is 2. The molecule has 1 amide bonds. The summed E-state index contributed by atoms with van der Waals surface area (Å²) in [4.78, 5) is 16.8. The van der Waals surface area contributed by atoms with E-state index in [1.807, 2.05) is 20.8 Å². The second-order valence-corrected chi connectivity index (χ2v) is 6.93. The molecule has 0 aliphatic heterocycles. The number of hydrazone groups is 1. The minimum atomic E-state index is -0.351. The van der Waals surface area contributed by atoms with Crippen LogP contribution in [0, 0.1) is 0 Å². The first-order chi connectivity index (χ1) is 13.0. The van der Waals surface area contributed by atoms with E-state index in [-0.39, 0.29) is 5.91 Å². The summed E-state index contributed by atoms with van der Waals surface area (Å²) in [6.45, 7) is 6.82. The van der Waals surface area contributed by atoms with Crippen molar-refractivity contribution in [1.29, 1.82) is 0 Å². The summed E-state index contributed by atoms with van der Waals surface area (Å²) in [5, 5.41) is 4.78. The van der Waals surface area contributed by atoms with Gasteiger partial charge in [0.1, 0.15) is 4.88 Å². The van der Waals surface area contributed by atoms with Crippen LogP contribution in [-0.4, -0.2) is 30.3 Å². The van der Waals surface area contributed by atoms with Crippen LogP contribution in [0.25, 0.3) is 0 Å². The monoisotopic (exact) mass is 410 g/mol. The number of nitrogens with two attached hydrogens (primary N) is 1. The largest absolute Gasteiger partial charge is 0.490 e. The number of hydrogen-bond donors (Lipinski definition) is 2. The number of carbonyl (C=O) groups is 1. The summed E-state index contributed by atoms with van der Waals surface area (Å²) in [5.41, 5.74) is 9.49. The lowest BCUT2D eigenvalue weighted by Gasteiger charge is -2.13. The third-order valence-corrected chi connectivity index (χ3v) is 4.62. The Bertz CT molecular complexity index is 823. The van der Waals surface area contributed by atoms with E-state index >= 15 is 0 Å². The number of anilines is 1. The topological polar surface area (TPSA) is 98.8 Å². The van der Waals surface area contributed by atoms with Crippen LogP contribution in [0.5, 0.6) is 11.5 Å². The normalized spacial score (nSPS) is 11.0. The molecule has 2 aromatic rings. The predicted octanol–water partition coefficient (Wildman–Crippen LogP) is 3.89. The Balaban J connectivity index is 2.14. The Labute approximate surface area is 167 Å². The maximum Gasteiger partial charge on any atom is 0.283 e. The van der Waals surface area contributed by atoms with Crippen LogP contribution in [0.3, 0.4) is 0 Å². The van der Waals surface area contributed by atoms with Gasteiger partial charge in [0.15, 0.2) is 16.6 Å². The number of hydrogen-bond acceptors (Lipinski definition) is 7. The number of amides is 1. The zero-order valence-electron chi connectivity index (χ0n) is 15.5. The molecule has 7 nitrogen and oxygen atoms in total. The molecular weight excluding hydrogens is 388 g/mol. The highest BCUT2D eigenvalue weighted by Gasteiger charge is 2.15. The molecule has 0 aliphatic rings. The molecule has 0 fully saturated rings. The molecule has 0 unspecified atom stereocenters. The fourth-order valence-electron chi connectivity index (χ4n) is 2.27. The van der Waals surface area contributed by atoms with Crippen molar-refractivity contribution in [2.45, 2.75) is 33.6 Å². The van der Waals surface area contributed by atoms with Gasteiger partial charge < -0.3 is 15.2 Å². The molecule has 0 radical (unpaired) electrons. The van der Waals surface area contributed by atoms with Crippen LogP contribution in [0.15, 0.2) is 17.2 Å². The maximum atomic E-state index is 12.3. The lowest BCUT2D eigenvalue weighted by molar-refractivity contribution is 0.0958. The quantitative estimate of drug-likeness (QED) is 0.482. The van der Waals surface area contributed by atoms with E-state index in [1.54, 1.807) is 12.1 Å². The summed E-state index contributed by atoms with van der Waals surface area (Å²) >= 11 is 7.45. The van der Waals surface area contributed by atoms with Gasteiger partial charge in [-0.1, -0.05) is 36.8 Å². The molecule has 27 heavy (non-hydrogen) atoms. The number of thiazole rings is 1. The fourth-order valence-corrected chi connectivity index (χ4v) is 3.36. The molecule has 1 aromatic heterocycles. The SMILES string of the molecule is CCCOc1c(Cl)cc(/C=N\NC(=O)c2sc(N)nc2CC)cc1OCC. The van der Waals surface area contributed by atoms with Gasteiger partial charge in [0, 0.05) is 0 Å². The lowest BCUT2D eigenvalue weighted by Crippen LogP contribution is -2.17. The van der Waals surface area contributed by atoms with Gasteiger partial charge in [0.05, 0.1) is 30.1 Å². The molecule has 0 aliphatic carbocycles. The number of rotatable bonds is 9. The van der Waals surface area contributed by atoms with Crippen LogP contribution >= 0.6 is 22.9 Å². The van der Waals surface area contributed by atoms with Crippen LogP contribution in [0.2, 0.25) is 5.02 Å². The molecule has 9 heteroatoms. The smallest absolute Gasteiger partial charge is 0.283 e. The molecule has 1 heterocycles. The van der Waals surface area contributed by atoms with Gasteiger partial charge >= 0.3 is 0 Å². The standard InChI is InChI=1S/C18H23ClN4O3S/c1-4-7-26-15-12(19)8-11(9-14(15)25-6-3)10-21-23-17(24)16-13(5-2)22-18(20)27-16/h8-10H,4-7H2,1-3H3,(H2,20,22)(H,23,24)/b21-10-. The van der Waals surface area contributed by atoms with Crippen LogP contribution < -0.4 is 20.6 Å². The second kappa shape index (κ2) is 10.1. The first-order valence-electron chi connectivity index (χ1n) is 8.67. The van der Waals surface area contributed by atoms with E-state index in [0.29, 0.717) is 57.4 Å². The number of nitrogens with one attached hydrogen (secondary N) is 1. The number of halogens is 1. The van der Waals surface area contributed by atoms with Crippen molar-refractivity contribution < 1.29 is 14.3 Å². The molecule has 0 atom stereocenters. The first-order valence-corrected chi connectivity index (χ1v) is 9.87. The van der Waals surface area contributed by atoms with E-state index < -0.39 is 0 Å². The van der Waals surface area contributed by atoms with E-state index in [4.69, 9.17) is 26.8 Å². The minimum absolute atomic E-state index is 0.351. The van der Waals surface area contributed by atoms with Crippen molar-refractivity contribution >= 4 is 40.2 Å². The van der Waals surface area contributed by atoms with E-state index in [0.717, 1.165) is 17.8 Å². The third kappa shape index (κ3) is 5.58. The highest BCUT2D eigenvalue weighted by atomic mass is 35.5. The summed E-state index contributed by atoms with van der Waals surface area (Å²) in [6.07, 6.45) is 2.97. The molecule has 3 N–H and O–H groups in total. The summed E-state index contributed by atoms with van der Waals surface area (Å²) < 4.78 is 11.3. The summed E-state index contributed by atoms with van der Waals surface area (Å²) in [6, 6.07) is 3.46. The molecule has 0 bridgehead atoms. The van der Waals surface area contributed by atoms with E-state index in [9.17, 15) is 4.79 Å². The Morgan fingerprint density at radius 3 is 2.81 bits per heavy atom. The number of aryl methyl sites for hydroxylation is 1. The highest BCUT2D eigenvalue weighted by Crippen LogP contribution is 2.36. The molecule has 0 saturated carbocycles. The highest BCUT2D eigenvalue weighted by molar-refractivity contribution is 7.17. The number of ether oxygens (including phenoxy) is 2. The minimum Gasteiger partial charge on any atom is -0.490 e. The van der Waals surface area contributed by atoms with Crippen molar-refractivity contribution in [2.75, 3.05) is 18.9 Å². The molecule has 146 valence electrons. The Hall–Kier alpha value is -2.32. The van der Waals surface area contributed by atoms with Gasteiger partial charge in [-0.2, -0.15) is 5.10 Å². The van der Waals surface area contributed by atoms with Crippen LogP contribution in [-0.2, 0) is 6.42 Å². The average molecular weight is 411 g/mol. The van der Waals surface area contributed by atoms with Crippen molar-refractivity contribution in [3.05, 3.63) is 33.3 Å². The van der Waals surface area contributed by atoms with Gasteiger partial charge in [-0.05, 0) is 37.5 Å². The van der Waals surface area contributed by atoms with Crippen molar-refractivity contribution in [3.8, 4) is 11.5 Å². The number of carbonyl (C=O) groups excluding carboxylic acids is 1. The maximum absolute atomic E-state index is 12.3. The second-order valence-electron chi connectivity index (χ2n) is 5.49. The van der Waals surface area contributed by atoms with Crippen molar-refractivity contribution in [3.63, 3.8) is 0 Å². The zero-order chi connectivity index (χ0) is 19.8. The molecule has 0 spiro atoms. The van der Waals surface area contributed by atoms with E-state index in [1.165, 1.54) is 6.21 Å². The lowest BCUT2D eigenvalue weighted by atomic mass is 10.2. The van der Waals surface area contributed by atoms with E-state index in [2.05, 4.69) is 15.5 Å². The van der Waals surface area contributed by atoms with Gasteiger partial charge in [0.25, 0.3) is 5.91 Å². The molecule has 0 saturated heterocycles. The van der Waals surface area contributed by atoms with Crippen molar-refractivity contribution in [1.82, 2.24) is 10.4 Å². The first kappa shape index (κ1) is 21.0. The number of benzene rings is 1. The Morgan fingerprint density at radius 2 is 2.15 bits per heavy atom. The average Bonchev–Trinajstić information content (AvgIpc) is 3.02. The van der Waals surface area contributed by atoms with Crippen molar-refractivity contribution in [2.24, 2.45) is 5.10 Å². The zero-order valence-corrected chi connectivity index (χ0v) is 17.1.